The van der Waals surface area contributed by atoms with Crippen molar-refractivity contribution >= 4 is 17.8 Å². The van der Waals surface area contributed by atoms with Crippen molar-refractivity contribution in [1.29, 1.82) is 0 Å². The van der Waals surface area contributed by atoms with Gasteiger partial charge in [-0.1, -0.05) is 19.1 Å². The number of hydrogen-bond acceptors (Lipinski definition) is 5. The van der Waals surface area contributed by atoms with E-state index in [2.05, 4.69) is 5.32 Å². The lowest BCUT2D eigenvalue weighted by molar-refractivity contribution is -0.150. The minimum Gasteiger partial charge on any atom is -0.497 e. The first-order valence-corrected chi connectivity index (χ1v) is 9.27. The van der Waals surface area contributed by atoms with E-state index in [1.807, 2.05) is 19.1 Å². The first-order valence-electron chi connectivity index (χ1n) is 9.27. The number of amides is 2. The molecule has 0 aliphatic carbocycles. The van der Waals surface area contributed by atoms with Gasteiger partial charge in [0.15, 0.2) is 0 Å². The predicted octanol–water partition coefficient (Wildman–Crippen LogP) is 1.13. The van der Waals surface area contributed by atoms with Crippen LogP contribution in [-0.4, -0.2) is 73.0 Å². The summed E-state index contributed by atoms with van der Waals surface area (Å²) in [5.74, 6) is -1.36. The van der Waals surface area contributed by atoms with E-state index in [4.69, 9.17) is 4.74 Å². The minimum atomic E-state index is -1.14. The van der Waals surface area contributed by atoms with E-state index in [1.165, 1.54) is 11.9 Å². The van der Waals surface area contributed by atoms with Crippen LogP contribution in [0.4, 0.5) is 0 Å². The number of carboxylic acid groups (broad SMARTS) is 1. The highest BCUT2D eigenvalue weighted by Gasteiger charge is 2.56. The van der Waals surface area contributed by atoms with Crippen molar-refractivity contribution < 1.29 is 24.2 Å². The SMILES string of the molecule is CC[C@@]1(C(=O)O)C[C@H](C(=O)N(C)CC(=O)NC)[C@H](c2ccc(OC)cc2)N1C. The Balaban J connectivity index is 2.44. The quantitative estimate of drug-likeness (QED) is 0.723. The van der Waals surface area contributed by atoms with Crippen LogP contribution in [0.3, 0.4) is 0 Å². The first kappa shape index (κ1) is 21.7. The van der Waals surface area contributed by atoms with Crippen LogP contribution in [0.5, 0.6) is 5.75 Å². The normalized spacial score (nSPS) is 24.6. The van der Waals surface area contributed by atoms with Gasteiger partial charge in [-0.15, -0.1) is 0 Å². The second kappa shape index (κ2) is 8.60. The molecule has 2 N–H and O–H groups in total. The van der Waals surface area contributed by atoms with Gasteiger partial charge in [0.05, 0.1) is 19.6 Å². The van der Waals surface area contributed by atoms with Gasteiger partial charge in [0, 0.05) is 20.1 Å². The lowest BCUT2D eigenvalue weighted by Gasteiger charge is -2.34. The third-order valence-electron chi connectivity index (χ3n) is 5.82. The van der Waals surface area contributed by atoms with Crippen LogP contribution in [0.25, 0.3) is 0 Å². The molecule has 1 aromatic carbocycles. The monoisotopic (exact) mass is 391 g/mol. The Morgan fingerprint density at radius 3 is 2.39 bits per heavy atom. The van der Waals surface area contributed by atoms with Crippen molar-refractivity contribution in [3.63, 3.8) is 0 Å². The number of likely N-dealkylation sites (N-methyl/N-ethyl adjacent to an activating group) is 3. The van der Waals surface area contributed by atoms with Crippen molar-refractivity contribution in [2.75, 3.05) is 34.8 Å². The fourth-order valence-corrected chi connectivity index (χ4v) is 4.07. The maximum Gasteiger partial charge on any atom is 0.324 e. The predicted molar refractivity (Wildman–Crippen MR) is 104 cm³/mol. The average molecular weight is 391 g/mol. The van der Waals surface area contributed by atoms with Crippen LogP contribution in [0.1, 0.15) is 31.4 Å². The first-order chi connectivity index (χ1) is 13.2. The topological polar surface area (TPSA) is 99.2 Å². The number of rotatable bonds is 7. The molecule has 0 saturated carbocycles. The smallest absolute Gasteiger partial charge is 0.324 e. The van der Waals surface area contributed by atoms with E-state index in [0.717, 1.165) is 5.56 Å². The molecule has 1 aliphatic rings. The molecule has 1 fully saturated rings. The van der Waals surface area contributed by atoms with Crippen LogP contribution in [-0.2, 0) is 14.4 Å². The summed E-state index contributed by atoms with van der Waals surface area (Å²) in [6.07, 6.45) is 0.553. The van der Waals surface area contributed by atoms with E-state index in [9.17, 15) is 19.5 Å². The molecule has 0 bridgehead atoms. The van der Waals surface area contributed by atoms with Gasteiger partial charge < -0.3 is 20.1 Å². The van der Waals surface area contributed by atoms with E-state index < -0.39 is 23.5 Å². The molecule has 1 aromatic rings. The summed E-state index contributed by atoms with van der Waals surface area (Å²) in [6.45, 7) is 1.74. The number of nitrogens with zero attached hydrogens (tertiary/aromatic N) is 2. The molecule has 0 radical (unpaired) electrons. The Labute approximate surface area is 165 Å². The number of benzene rings is 1. The lowest BCUT2D eigenvalue weighted by Crippen LogP contribution is -2.48. The highest BCUT2D eigenvalue weighted by Crippen LogP contribution is 2.48. The standard InChI is InChI=1S/C20H29N3O5/c1-6-20(19(26)27)11-15(18(25)22(3)12-16(24)21-2)17(23(20)4)13-7-9-14(28-5)10-8-13/h7-10,15,17H,6,11-12H2,1-5H3,(H,21,24)(H,26,27)/t15-,17-,20-/m0/s1. The van der Waals surface area contributed by atoms with E-state index >= 15 is 0 Å². The summed E-state index contributed by atoms with van der Waals surface area (Å²) in [6, 6.07) is 6.89. The summed E-state index contributed by atoms with van der Waals surface area (Å²) in [7, 11) is 6.40. The molecule has 1 saturated heterocycles. The number of nitrogens with one attached hydrogen (secondary N) is 1. The molecule has 3 atom stereocenters. The largest absolute Gasteiger partial charge is 0.497 e. The van der Waals surface area contributed by atoms with Gasteiger partial charge in [0.1, 0.15) is 11.3 Å². The molecule has 8 heteroatoms. The summed E-state index contributed by atoms with van der Waals surface area (Å²) in [4.78, 5) is 40.2. The van der Waals surface area contributed by atoms with E-state index in [1.54, 1.807) is 38.2 Å². The van der Waals surface area contributed by atoms with Crippen LogP contribution in [0.15, 0.2) is 24.3 Å². The van der Waals surface area contributed by atoms with Gasteiger partial charge in [-0.05, 0) is 37.6 Å². The van der Waals surface area contributed by atoms with Crippen molar-refractivity contribution in [2.45, 2.75) is 31.3 Å². The third-order valence-corrected chi connectivity index (χ3v) is 5.82. The van der Waals surface area contributed by atoms with E-state index in [-0.39, 0.29) is 24.8 Å². The maximum atomic E-state index is 13.2. The summed E-state index contributed by atoms with van der Waals surface area (Å²) in [5, 5.41) is 12.5. The Kier molecular flexibility index (Phi) is 6.66. The van der Waals surface area contributed by atoms with Gasteiger partial charge in [-0.25, -0.2) is 0 Å². The van der Waals surface area contributed by atoms with Gasteiger partial charge in [0.2, 0.25) is 11.8 Å². The second-order valence-electron chi connectivity index (χ2n) is 7.20. The second-order valence-corrected chi connectivity index (χ2v) is 7.20. The molecule has 0 aromatic heterocycles. The minimum absolute atomic E-state index is 0.0723. The maximum absolute atomic E-state index is 13.2. The van der Waals surface area contributed by atoms with Gasteiger partial charge in [0.25, 0.3) is 0 Å². The van der Waals surface area contributed by atoms with Crippen LogP contribution in [0, 0.1) is 5.92 Å². The highest BCUT2D eigenvalue weighted by molar-refractivity contribution is 5.88. The van der Waals surface area contributed by atoms with Crippen molar-refractivity contribution in [2.24, 2.45) is 5.92 Å². The molecule has 28 heavy (non-hydrogen) atoms. The molecule has 1 heterocycles. The fourth-order valence-electron chi connectivity index (χ4n) is 4.07. The van der Waals surface area contributed by atoms with Crippen molar-refractivity contribution in [1.82, 2.24) is 15.1 Å². The lowest BCUT2D eigenvalue weighted by atomic mass is 9.86. The molecule has 2 rings (SSSR count). The Morgan fingerprint density at radius 1 is 1.32 bits per heavy atom. The van der Waals surface area contributed by atoms with Crippen molar-refractivity contribution in [3.05, 3.63) is 29.8 Å². The summed E-state index contributed by atoms with van der Waals surface area (Å²) < 4.78 is 5.20. The molecule has 0 spiro atoms. The number of methoxy groups -OCH3 is 1. The van der Waals surface area contributed by atoms with Gasteiger partial charge >= 0.3 is 5.97 Å². The summed E-state index contributed by atoms with van der Waals surface area (Å²) in [5.41, 5.74) is -0.301. The average Bonchev–Trinajstić information content (AvgIpc) is 3.00. The van der Waals surface area contributed by atoms with Gasteiger partial charge in [-0.2, -0.15) is 0 Å². The van der Waals surface area contributed by atoms with Crippen LogP contribution < -0.4 is 10.1 Å². The molecule has 1 aliphatic heterocycles. The number of carbonyl (C=O) groups excluding carboxylic acids is 2. The van der Waals surface area contributed by atoms with Crippen molar-refractivity contribution in [3.8, 4) is 5.75 Å². The fraction of sp³-hybridized carbons (Fsp3) is 0.550. The third kappa shape index (κ3) is 3.82. The molecule has 0 unspecified atom stereocenters. The van der Waals surface area contributed by atoms with Crippen LogP contribution in [0.2, 0.25) is 0 Å². The number of likely N-dealkylation sites (tertiary alicyclic amines) is 1. The molecule has 154 valence electrons. The van der Waals surface area contributed by atoms with Gasteiger partial charge in [-0.3, -0.25) is 19.3 Å². The van der Waals surface area contributed by atoms with Crippen LogP contribution >= 0.6 is 0 Å². The zero-order valence-corrected chi connectivity index (χ0v) is 17.1. The molecule has 8 nitrogen and oxygen atoms in total. The number of carboxylic acids is 1. The number of carbonyl (C=O) groups is 3. The molecule has 2 amide bonds. The highest BCUT2D eigenvalue weighted by atomic mass is 16.5. The van der Waals surface area contributed by atoms with E-state index in [0.29, 0.717) is 12.2 Å². The zero-order chi connectivity index (χ0) is 21.1. The zero-order valence-electron chi connectivity index (χ0n) is 17.1. The Hall–Kier alpha value is -2.61. The summed E-state index contributed by atoms with van der Waals surface area (Å²) >= 11 is 0. The Bertz CT molecular complexity index is 736. The number of aliphatic carboxylic acids is 1. The Morgan fingerprint density at radius 2 is 1.93 bits per heavy atom. The molecular formula is C20H29N3O5. The molecular weight excluding hydrogens is 362 g/mol. The number of ether oxygens (including phenoxy) is 1. The number of hydrogen-bond donors (Lipinski definition) is 2.